The summed E-state index contributed by atoms with van der Waals surface area (Å²) < 4.78 is 5.52. The summed E-state index contributed by atoms with van der Waals surface area (Å²) in [6.45, 7) is 3.52. The first kappa shape index (κ1) is 13.6. The number of ether oxygens (including phenoxy) is 1. The molecule has 0 atom stereocenters. The third-order valence-electron chi connectivity index (χ3n) is 2.70. The van der Waals surface area contributed by atoms with Crippen LogP contribution in [0.1, 0.15) is 6.92 Å². The van der Waals surface area contributed by atoms with E-state index >= 15 is 0 Å². The van der Waals surface area contributed by atoms with E-state index in [1.807, 2.05) is 6.92 Å². The highest BCUT2D eigenvalue weighted by Gasteiger charge is 2.32. The van der Waals surface area contributed by atoms with Gasteiger partial charge in [0.15, 0.2) is 0 Å². The fourth-order valence-corrected chi connectivity index (χ4v) is 2.17. The standard InChI is InChI=1S/C12H14Cl2N2O2/c1-12(6-15-7-12)18-5-11(17)16-10-3-8(13)2-9(14)4-10/h2-4,15H,5-7H2,1H3,(H,16,17). The molecule has 4 nitrogen and oxygen atoms in total. The van der Waals surface area contributed by atoms with Crippen molar-refractivity contribution in [2.75, 3.05) is 25.0 Å². The molecule has 1 amide bonds. The van der Waals surface area contributed by atoms with Crippen molar-refractivity contribution in [2.24, 2.45) is 0 Å². The average molecular weight is 289 g/mol. The first-order valence-corrected chi connectivity index (χ1v) is 6.33. The maximum atomic E-state index is 11.7. The maximum Gasteiger partial charge on any atom is 0.250 e. The number of carbonyl (C=O) groups is 1. The lowest BCUT2D eigenvalue weighted by Gasteiger charge is -2.38. The Morgan fingerprint density at radius 3 is 2.50 bits per heavy atom. The predicted octanol–water partition coefficient (Wildman–Crippen LogP) is 2.31. The number of benzene rings is 1. The van der Waals surface area contributed by atoms with Crippen LogP contribution in [0.2, 0.25) is 10.0 Å². The Bertz CT molecular complexity index is 441. The number of anilines is 1. The minimum absolute atomic E-state index is 0.0162. The Hall–Kier alpha value is -0.810. The second-order valence-electron chi connectivity index (χ2n) is 4.55. The number of halogens is 2. The number of nitrogens with one attached hydrogen (secondary N) is 2. The molecule has 1 aliphatic rings. The van der Waals surface area contributed by atoms with Crippen LogP contribution >= 0.6 is 23.2 Å². The molecule has 1 fully saturated rings. The summed E-state index contributed by atoms with van der Waals surface area (Å²) >= 11 is 11.7. The van der Waals surface area contributed by atoms with E-state index < -0.39 is 0 Å². The van der Waals surface area contributed by atoms with Crippen LogP contribution in [-0.4, -0.2) is 31.2 Å². The highest BCUT2D eigenvalue weighted by Crippen LogP contribution is 2.22. The van der Waals surface area contributed by atoms with E-state index in [-0.39, 0.29) is 18.1 Å². The molecule has 0 unspecified atom stereocenters. The van der Waals surface area contributed by atoms with E-state index in [1.165, 1.54) is 0 Å². The number of hydrogen-bond acceptors (Lipinski definition) is 3. The number of carbonyl (C=O) groups excluding carboxylic acids is 1. The zero-order valence-corrected chi connectivity index (χ0v) is 11.4. The molecule has 1 heterocycles. The van der Waals surface area contributed by atoms with E-state index in [0.717, 1.165) is 13.1 Å². The number of amides is 1. The summed E-state index contributed by atoms with van der Waals surface area (Å²) in [5, 5.41) is 6.75. The van der Waals surface area contributed by atoms with Gasteiger partial charge >= 0.3 is 0 Å². The lowest BCUT2D eigenvalue weighted by atomic mass is 10.0. The molecule has 2 N–H and O–H groups in total. The molecule has 1 saturated heterocycles. The monoisotopic (exact) mass is 288 g/mol. The van der Waals surface area contributed by atoms with Gasteiger partial charge in [-0.25, -0.2) is 0 Å². The van der Waals surface area contributed by atoms with Crippen LogP contribution in [-0.2, 0) is 9.53 Å². The van der Waals surface area contributed by atoms with Gasteiger partial charge < -0.3 is 15.4 Å². The smallest absolute Gasteiger partial charge is 0.250 e. The number of rotatable bonds is 4. The van der Waals surface area contributed by atoms with E-state index in [4.69, 9.17) is 27.9 Å². The highest BCUT2D eigenvalue weighted by atomic mass is 35.5. The zero-order valence-electron chi connectivity index (χ0n) is 9.93. The molecular formula is C12H14Cl2N2O2. The van der Waals surface area contributed by atoms with Crippen molar-refractivity contribution in [2.45, 2.75) is 12.5 Å². The Labute approximate surface area is 116 Å². The molecule has 1 aromatic carbocycles. The van der Waals surface area contributed by atoms with Crippen molar-refractivity contribution in [3.8, 4) is 0 Å². The molecule has 98 valence electrons. The topological polar surface area (TPSA) is 50.4 Å². The van der Waals surface area contributed by atoms with Gasteiger partial charge in [-0.2, -0.15) is 0 Å². The van der Waals surface area contributed by atoms with Crippen molar-refractivity contribution in [1.29, 1.82) is 0 Å². The van der Waals surface area contributed by atoms with E-state index in [0.29, 0.717) is 15.7 Å². The van der Waals surface area contributed by atoms with Gasteiger partial charge in [-0.3, -0.25) is 4.79 Å². The van der Waals surface area contributed by atoms with E-state index in [9.17, 15) is 4.79 Å². The zero-order chi connectivity index (χ0) is 13.2. The first-order chi connectivity index (χ1) is 8.47. The first-order valence-electron chi connectivity index (χ1n) is 5.57. The van der Waals surface area contributed by atoms with E-state index in [2.05, 4.69) is 10.6 Å². The molecule has 0 bridgehead atoms. The summed E-state index contributed by atoms with van der Waals surface area (Å²) in [4.78, 5) is 11.7. The third kappa shape index (κ3) is 3.59. The molecular weight excluding hydrogens is 275 g/mol. The SMILES string of the molecule is CC1(OCC(=O)Nc2cc(Cl)cc(Cl)c2)CNC1. The molecule has 6 heteroatoms. The van der Waals surface area contributed by atoms with Gasteiger partial charge in [0.1, 0.15) is 6.61 Å². The summed E-state index contributed by atoms with van der Waals surface area (Å²) in [5.74, 6) is -0.221. The summed E-state index contributed by atoms with van der Waals surface area (Å²) in [5.41, 5.74) is 0.335. The van der Waals surface area contributed by atoms with Crippen LogP contribution in [0.25, 0.3) is 0 Å². The Balaban J connectivity index is 1.86. The fraction of sp³-hybridized carbons (Fsp3) is 0.417. The summed E-state index contributed by atoms with van der Waals surface area (Å²) in [6.07, 6.45) is 0. The van der Waals surface area contributed by atoms with Gasteiger partial charge in [0.25, 0.3) is 0 Å². The van der Waals surface area contributed by atoms with Crippen LogP contribution in [0.4, 0.5) is 5.69 Å². The van der Waals surface area contributed by atoms with Crippen LogP contribution in [0.15, 0.2) is 18.2 Å². The van der Waals surface area contributed by atoms with Gasteiger partial charge in [-0.1, -0.05) is 23.2 Å². The average Bonchev–Trinajstić information content (AvgIpc) is 2.22. The lowest BCUT2D eigenvalue weighted by molar-refractivity contribution is -0.130. The molecule has 0 aliphatic carbocycles. The lowest BCUT2D eigenvalue weighted by Crippen LogP contribution is -2.59. The van der Waals surface area contributed by atoms with Gasteiger partial charge in [0, 0.05) is 28.8 Å². The predicted molar refractivity (Wildman–Crippen MR) is 72.3 cm³/mol. The quantitative estimate of drug-likeness (QED) is 0.894. The Morgan fingerprint density at radius 2 is 2.00 bits per heavy atom. The maximum absolute atomic E-state index is 11.7. The van der Waals surface area contributed by atoms with Crippen molar-refractivity contribution in [1.82, 2.24) is 5.32 Å². The van der Waals surface area contributed by atoms with Gasteiger partial charge in [-0.15, -0.1) is 0 Å². The summed E-state index contributed by atoms with van der Waals surface area (Å²) in [6, 6.07) is 4.88. The van der Waals surface area contributed by atoms with Crippen molar-refractivity contribution >= 4 is 34.8 Å². The number of hydrogen-bond donors (Lipinski definition) is 2. The van der Waals surface area contributed by atoms with Crippen LogP contribution in [0.3, 0.4) is 0 Å². The Morgan fingerprint density at radius 1 is 1.39 bits per heavy atom. The van der Waals surface area contributed by atoms with Gasteiger partial charge in [0.05, 0.1) is 5.60 Å². The normalized spacial score (nSPS) is 17.1. The minimum atomic E-state index is -0.233. The van der Waals surface area contributed by atoms with Crippen molar-refractivity contribution in [3.05, 3.63) is 28.2 Å². The van der Waals surface area contributed by atoms with E-state index in [1.54, 1.807) is 18.2 Å². The van der Waals surface area contributed by atoms with Crippen molar-refractivity contribution < 1.29 is 9.53 Å². The van der Waals surface area contributed by atoms with Crippen LogP contribution in [0.5, 0.6) is 0 Å². The van der Waals surface area contributed by atoms with Crippen molar-refractivity contribution in [3.63, 3.8) is 0 Å². The van der Waals surface area contributed by atoms with Gasteiger partial charge in [-0.05, 0) is 25.1 Å². The summed E-state index contributed by atoms with van der Waals surface area (Å²) in [7, 11) is 0. The highest BCUT2D eigenvalue weighted by molar-refractivity contribution is 6.35. The second-order valence-corrected chi connectivity index (χ2v) is 5.42. The molecule has 0 spiro atoms. The molecule has 0 aromatic heterocycles. The minimum Gasteiger partial charge on any atom is -0.363 e. The third-order valence-corrected chi connectivity index (χ3v) is 3.13. The molecule has 0 radical (unpaired) electrons. The Kier molecular flexibility index (Phi) is 4.12. The second kappa shape index (κ2) is 5.45. The molecule has 1 aromatic rings. The molecule has 18 heavy (non-hydrogen) atoms. The van der Waals surface area contributed by atoms with Gasteiger partial charge in [0.2, 0.25) is 5.91 Å². The fourth-order valence-electron chi connectivity index (χ4n) is 1.64. The van der Waals surface area contributed by atoms with Crippen LogP contribution < -0.4 is 10.6 Å². The molecule has 2 rings (SSSR count). The molecule has 1 aliphatic heterocycles. The molecule has 0 saturated carbocycles. The van der Waals surface area contributed by atoms with Crippen LogP contribution in [0, 0.1) is 0 Å². The largest absolute Gasteiger partial charge is 0.363 e.